The van der Waals surface area contributed by atoms with Gasteiger partial charge < -0.3 is 29.8 Å². The summed E-state index contributed by atoms with van der Waals surface area (Å²) in [6, 6.07) is 3.06. The lowest BCUT2D eigenvalue weighted by Gasteiger charge is -2.31. The van der Waals surface area contributed by atoms with Crippen molar-refractivity contribution in [1.29, 1.82) is 0 Å². The van der Waals surface area contributed by atoms with E-state index in [0.717, 1.165) is 0 Å². The third kappa shape index (κ3) is 11.1. The number of carbonyl (C=O) groups is 4. The van der Waals surface area contributed by atoms with Gasteiger partial charge in [0.05, 0.1) is 19.4 Å². The highest BCUT2D eigenvalue weighted by molar-refractivity contribution is 5.78. The predicted molar refractivity (Wildman–Crippen MR) is 141 cm³/mol. The molecule has 0 bridgehead atoms. The molecule has 0 radical (unpaired) electrons. The van der Waals surface area contributed by atoms with E-state index >= 15 is 0 Å². The lowest BCUT2D eigenvalue weighted by atomic mass is 9.79. The van der Waals surface area contributed by atoms with Crippen LogP contribution in [0.1, 0.15) is 86.6 Å². The van der Waals surface area contributed by atoms with Crippen LogP contribution in [-0.2, 0) is 23.9 Å². The summed E-state index contributed by atoms with van der Waals surface area (Å²) < 4.78 is 21.3. The highest BCUT2D eigenvalue weighted by Gasteiger charge is 2.36. The van der Waals surface area contributed by atoms with Crippen molar-refractivity contribution in [2.45, 2.75) is 93.2 Å². The van der Waals surface area contributed by atoms with E-state index in [0.29, 0.717) is 5.56 Å². The van der Waals surface area contributed by atoms with Gasteiger partial charge in [0.25, 0.3) is 0 Å². The van der Waals surface area contributed by atoms with Crippen molar-refractivity contribution >= 4 is 24.1 Å². The number of hydrogen-bond donors (Lipinski definition) is 2. The van der Waals surface area contributed by atoms with Gasteiger partial charge in [-0.2, -0.15) is 0 Å². The fourth-order valence-electron chi connectivity index (χ4n) is 3.77. The molecule has 0 saturated carbocycles. The van der Waals surface area contributed by atoms with Crippen molar-refractivity contribution in [2.75, 3.05) is 6.61 Å². The maximum absolute atomic E-state index is 12.7. The minimum Gasteiger partial charge on any atom is -0.480 e. The third-order valence-corrected chi connectivity index (χ3v) is 5.67. The normalized spacial score (nSPS) is 15.0. The van der Waals surface area contributed by atoms with Gasteiger partial charge in [-0.25, -0.2) is 4.79 Å². The molecule has 1 aromatic rings. The van der Waals surface area contributed by atoms with Gasteiger partial charge in [0, 0.05) is 11.8 Å². The maximum Gasteiger partial charge on any atom is 0.508 e. The van der Waals surface area contributed by atoms with Crippen molar-refractivity contribution in [3.63, 3.8) is 0 Å². The van der Waals surface area contributed by atoms with E-state index in [-0.39, 0.29) is 41.8 Å². The number of carboxylic acids is 1. The van der Waals surface area contributed by atoms with Crippen LogP contribution in [0.4, 0.5) is 4.79 Å². The van der Waals surface area contributed by atoms with Crippen LogP contribution in [-0.4, -0.2) is 47.9 Å². The lowest BCUT2D eigenvalue weighted by molar-refractivity contribution is -0.140. The standard InChI is InChI=1S/C28H43NO9/c1-10-35-26(34)36-17(3)16(2)23(24(29)25(32)33)18-11-12-19(37-21(30)14-27(4,5)6)20(13-18)38-22(31)15-28(7,8)9/h11-13,16-17,23-24H,10,14-15,29H2,1-9H3,(H,32,33)/t16?,17?,23?,24-/m0/s1. The Morgan fingerprint density at radius 2 is 1.39 bits per heavy atom. The summed E-state index contributed by atoms with van der Waals surface area (Å²) in [7, 11) is 0. The van der Waals surface area contributed by atoms with E-state index in [2.05, 4.69) is 0 Å². The molecule has 0 aliphatic carbocycles. The molecule has 10 heteroatoms. The zero-order valence-electron chi connectivity index (χ0n) is 24.0. The quantitative estimate of drug-likeness (QED) is 0.289. The Labute approximate surface area is 225 Å². The third-order valence-electron chi connectivity index (χ3n) is 5.67. The molecule has 0 aliphatic rings. The van der Waals surface area contributed by atoms with E-state index in [1.807, 2.05) is 41.5 Å². The average molecular weight is 538 g/mol. The molecular formula is C28H43NO9. The minimum absolute atomic E-state index is 0.0244. The number of carboxylic acid groups (broad SMARTS) is 1. The van der Waals surface area contributed by atoms with Gasteiger partial charge in [-0.3, -0.25) is 14.4 Å². The van der Waals surface area contributed by atoms with Gasteiger partial charge in [0.2, 0.25) is 0 Å². The molecule has 10 nitrogen and oxygen atoms in total. The Hall–Kier alpha value is -3.14. The molecule has 4 atom stereocenters. The van der Waals surface area contributed by atoms with Crippen molar-refractivity contribution in [2.24, 2.45) is 22.5 Å². The van der Waals surface area contributed by atoms with Crippen molar-refractivity contribution < 1.29 is 43.2 Å². The highest BCUT2D eigenvalue weighted by atomic mass is 16.7. The van der Waals surface area contributed by atoms with E-state index in [1.165, 1.54) is 12.1 Å². The summed E-state index contributed by atoms with van der Waals surface area (Å²) in [4.78, 5) is 49.0. The van der Waals surface area contributed by atoms with E-state index < -0.39 is 48.0 Å². The van der Waals surface area contributed by atoms with Gasteiger partial charge in [0.15, 0.2) is 11.5 Å². The monoisotopic (exact) mass is 537 g/mol. The molecule has 0 fully saturated rings. The van der Waals surface area contributed by atoms with E-state index in [1.54, 1.807) is 26.8 Å². The maximum atomic E-state index is 12.7. The first-order valence-electron chi connectivity index (χ1n) is 12.7. The zero-order chi connectivity index (χ0) is 29.4. The molecule has 0 heterocycles. The van der Waals surface area contributed by atoms with Crippen molar-refractivity contribution in [1.82, 2.24) is 0 Å². The summed E-state index contributed by atoms with van der Waals surface area (Å²) in [6.07, 6.45) is -1.44. The van der Waals surface area contributed by atoms with Gasteiger partial charge in [-0.1, -0.05) is 54.5 Å². The van der Waals surface area contributed by atoms with Gasteiger partial charge >= 0.3 is 24.1 Å². The fraction of sp³-hybridized carbons (Fsp3) is 0.643. The molecule has 0 saturated heterocycles. The number of carbonyl (C=O) groups excluding carboxylic acids is 3. The topological polar surface area (TPSA) is 151 Å². The number of benzene rings is 1. The number of hydrogen-bond acceptors (Lipinski definition) is 9. The summed E-state index contributed by atoms with van der Waals surface area (Å²) in [6.45, 7) is 16.4. The second kappa shape index (κ2) is 13.6. The Balaban J connectivity index is 3.50. The van der Waals surface area contributed by atoms with Crippen LogP contribution in [0.25, 0.3) is 0 Å². The van der Waals surface area contributed by atoms with Crippen molar-refractivity contribution in [3.05, 3.63) is 23.8 Å². The number of esters is 2. The number of aliphatic carboxylic acids is 1. The molecule has 3 unspecified atom stereocenters. The number of nitrogens with two attached hydrogens (primary N) is 1. The first-order valence-corrected chi connectivity index (χ1v) is 12.7. The highest BCUT2D eigenvalue weighted by Crippen LogP contribution is 2.38. The predicted octanol–water partition coefficient (Wildman–Crippen LogP) is 5.06. The molecule has 38 heavy (non-hydrogen) atoms. The number of rotatable bonds is 11. The zero-order valence-corrected chi connectivity index (χ0v) is 24.0. The fourth-order valence-corrected chi connectivity index (χ4v) is 3.77. The Kier molecular flexibility index (Phi) is 11.8. The summed E-state index contributed by atoms with van der Waals surface area (Å²) in [5, 5.41) is 9.72. The molecule has 1 aromatic carbocycles. The SMILES string of the molecule is CCOC(=O)OC(C)C(C)C(c1ccc(OC(=O)CC(C)(C)C)c(OC(=O)CC(C)(C)C)c1)[C@H](N)C(=O)O. The van der Waals surface area contributed by atoms with Gasteiger partial charge in [0.1, 0.15) is 12.1 Å². The summed E-state index contributed by atoms with van der Waals surface area (Å²) >= 11 is 0. The average Bonchev–Trinajstić information content (AvgIpc) is 2.72. The molecule has 1 rings (SSSR count). The second-order valence-corrected chi connectivity index (χ2v) is 11.9. The second-order valence-electron chi connectivity index (χ2n) is 11.9. The lowest BCUT2D eigenvalue weighted by Crippen LogP contribution is -2.42. The van der Waals surface area contributed by atoms with Crippen LogP contribution >= 0.6 is 0 Å². The van der Waals surface area contributed by atoms with Gasteiger partial charge in [-0.05, 0) is 42.4 Å². The Morgan fingerprint density at radius 1 is 0.895 bits per heavy atom. The minimum atomic E-state index is -1.38. The number of ether oxygens (including phenoxy) is 4. The Morgan fingerprint density at radius 3 is 1.84 bits per heavy atom. The van der Waals surface area contributed by atoms with Crippen LogP contribution in [0.2, 0.25) is 0 Å². The first kappa shape index (κ1) is 32.9. The molecular weight excluding hydrogens is 494 g/mol. The Bertz CT molecular complexity index is 991. The van der Waals surface area contributed by atoms with E-state index in [4.69, 9.17) is 24.7 Å². The molecule has 0 amide bonds. The van der Waals surface area contributed by atoms with Crippen LogP contribution in [0.3, 0.4) is 0 Å². The smallest absolute Gasteiger partial charge is 0.480 e. The first-order chi connectivity index (χ1) is 17.3. The largest absolute Gasteiger partial charge is 0.508 e. The van der Waals surface area contributed by atoms with Crippen LogP contribution in [0.15, 0.2) is 18.2 Å². The van der Waals surface area contributed by atoms with Crippen LogP contribution in [0.5, 0.6) is 11.5 Å². The molecule has 0 aliphatic heterocycles. The van der Waals surface area contributed by atoms with Crippen molar-refractivity contribution in [3.8, 4) is 11.5 Å². The molecule has 3 N–H and O–H groups in total. The van der Waals surface area contributed by atoms with Crippen LogP contribution < -0.4 is 15.2 Å². The summed E-state index contributed by atoms with van der Waals surface area (Å²) in [5.74, 6) is -3.79. The van der Waals surface area contributed by atoms with E-state index in [9.17, 15) is 24.3 Å². The molecule has 0 aromatic heterocycles. The molecule has 214 valence electrons. The summed E-state index contributed by atoms with van der Waals surface area (Å²) in [5.41, 5.74) is 5.79. The van der Waals surface area contributed by atoms with Gasteiger partial charge in [-0.15, -0.1) is 0 Å². The molecule has 0 spiro atoms. The van der Waals surface area contributed by atoms with Crippen LogP contribution in [0, 0.1) is 16.7 Å².